The number of imidazole rings is 1. The van der Waals surface area contributed by atoms with E-state index in [1.165, 1.54) is 23.0 Å². The zero-order chi connectivity index (χ0) is 11.3. The summed E-state index contributed by atoms with van der Waals surface area (Å²) in [4.78, 5) is 24.5. The van der Waals surface area contributed by atoms with E-state index in [9.17, 15) is 14.9 Å². The highest BCUT2D eigenvalue weighted by atomic mass is 16.6. The topological polar surface area (TPSA) is 90.1 Å². The van der Waals surface area contributed by atoms with E-state index in [1.807, 2.05) is 0 Å². The van der Waals surface area contributed by atoms with Gasteiger partial charge in [-0.25, -0.2) is 4.57 Å². The molecule has 1 aromatic heterocycles. The molecule has 0 aromatic carbocycles. The van der Waals surface area contributed by atoms with E-state index in [1.54, 1.807) is 0 Å². The summed E-state index contributed by atoms with van der Waals surface area (Å²) in [5.74, 6) is -0.667. The van der Waals surface area contributed by atoms with E-state index in [0.717, 1.165) is 0 Å². The Morgan fingerprint density at radius 1 is 1.80 bits per heavy atom. The molecule has 7 heteroatoms. The average molecular weight is 210 g/mol. The third-order valence-corrected chi connectivity index (χ3v) is 1.61. The number of nitrogens with zero attached hydrogens (tertiary/aromatic N) is 3. The van der Waals surface area contributed by atoms with Crippen LogP contribution in [0.5, 0.6) is 0 Å². The van der Waals surface area contributed by atoms with Crippen LogP contribution in [0.1, 0.15) is 0 Å². The van der Waals surface area contributed by atoms with Crippen molar-refractivity contribution < 1.29 is 9.72 Å². The Balaban J connectivity index is 2.64. The number of amides is 1. The van der Waals surface area contributed by atoms with Gasteiger partial charge < -0.3 is 15.4 Å². The van der Waals surface area contributed by atoms with Crippen LogP contribution in [0.15, 0.2) is 25.0 Å². The fourth-order valence-electron chi connectivity index (χ4n) is 0.993. The van der Waals surface area contributed by atoms with Crippen molar-refractivity contribution in [3.63, 3.8) is 0 Å². The van der Waals surface area contributed by atoms with Crippen LogP contribution in [0.25, 0.3) is 0 Å². The third kappa shape index (κ3) is 2.90. The second-order valence-electron chi connectivity index (χ2n) is 2.71. The lowest BCUT2D eigenvalue weighted by molar-refractivity contribution is -0.396. The van der Waals surface area contributed by atoms with Crippen molar-refractivity contribution in [3.8, 4) is 0 Å². The van der Waals surface area contributed by atoms with Gasteiger partial charge in [-0.2, -0.15) is 0 Å². The lowest BCUT2D eigenvalue weighted by Gasteiger charge is -2.01. The Morgan fingerprint density at radius 3 is 3.13 bits per heavy atom. The maximum atomic E-state index is 11.2. The van der Waals surface area contributed by atoms with Crippen LogP contribution in [0.3, 0.4) is 0 Å². The molecule has 0 saturated carbocycles. The predicted molar refractivity (Wildman–Crippen MR) is 52.1 cm³/mol. The van der Waals surface area contributed by atoms with Gasteiger partial charge >= 0.3 is 5.95 Å². The highest BCUT2D eigenvalue weighted by molar-refractivity contribution is 5.76. The minimum absolute atomic E-state index is 0.121. The summed E-state index contributed by atoms with van der Waals surface area (Å²) >= 11 is 0. The summed E-state index contributed by atoms with van der Waals surface area (Å²) in [6.07, 6.45) is 4.19. The molecule has 1 amide bonds. The molecular weight excluding hydrogens is 200 g/mol. The number of hydrogen-bond donors (Lipinski definition) is 1. The van der Waals surface area contributed by atoms with Crippen molar-refractivity contribution in [2.45, 2.75) is 6.54 Å². The molecule has 0 aliphatic rings. The van der Waals surface area contributed by atoms with Gasteiger partial charge in [-0.3, -0.25) is 4.79 Å². The summed E-state index contributed by atoms with van der Waals surface area (Å²) in [5, 5.41) is 13.0. The largest absolute Gasteiger partial charge is 0.435 e. The van der Waals surface area contributed by atoms with Crippen LogP contribution in [-0.4, -0.2) is 26.9 Å². The fraction of sp³-hybridized carbons (Fsp3) is 0.250. The molecule has 0 unspecified atom stereocenters. The number of aromatic nitrogens is 2. The van der Waals surface area contributed by atoms with Crippen molar-refractivity contribution in [3.05, 3.63) is 35.2 Å². The third-order valence-electron chi connectivity index (χ3n) is 1.61. The molecule has 0 atom stereocenters. The first-order valence-electron chi connectivity index (χ1n) is 4.18. The highest BCUT2D eigenvalue weighted by Crippen LogP contribution is 2.06. The van der Waals surface area contributed by atoms with Crippen molar-refractivity contribution in [1.82, 2.24) is 14.9 Å². The fourth-order valence-corrected chi connectivity index (χ4v) is 0.993. The molecule has 15 heavy (non-hydrogen) atoms. The van der Waals surface area contributed by atoms with Gasteiger partial charge in [0.1, 0.15) is 12.4 Å². The van der Waals surface area contributed by atoms with Crippen LogP contribution in [0.2, 0.25) is 0 Å². The summed E-state index contributed by atoms with van der Waals surface area (Å²) in [7, 11) is 0. The second kappa shape index (κ2) is 4.89. The number of nitro groups is 1. The average Bonchev–Trinajstić information content (AvgIpc) is 2.62. The van der Waals surface area contributed by atoms with E-state index in [-0.39, 0.29) is 18.4 Å². The Labute approximate surface area is 85.6 Å². The summed E-state index contributed by atoms with van der Waals surface area (Å²) in [6, 6.07) is 0. The summed E-state index contributed by atoms with van der Waals surface area (Å²) in [6.45, 7) is 3.65. The van der Waals surface area contributed by atoms with Crippen molar-refractivity contribution in [1.29, 1.82) is 0 Å². The van der Waals surface area contributed by atoms with E-state index < -0.39 is 4.92 Å². The zero-order valence-corrected chi connectivity index (χ0v) is 7.92. The molecule has 0 fully saturated rings. The van der Waals surface area contributed by atoms with Gasteiger partial charge in [0.2, 0.25) is 0 Å². The van der Waals surface area contributed by atoms with E-state index in [4.69, 9.17) is 0 Å². The van der Waals surface area contributed by atoms with Crippen LogP contribution < -0.4 is 5.32 Å². The number of nitrogens with one attached hydrogen (secondary N) is 1. The summed E-state index contributed by atoms with van der Waals surface area (Å²) < 4.78 is 1.17. The van der Waals surface area contributed by atoms with Gasteiger partial charge in [-0.1, -0.05) is 11.1 Å². The summed E-state index contributed by atoms with van der Waals surface area (Å²) in [5.41, 5.74) is 0. The van der Waals surface area contributed by atoms with Crippen molar-refractivity contribution in [2.24, 2.45) is 0 Å². The molecule has 0 aliphatic carbocycles. The quantitative estimate of drug-likeness (QED) is 0.423. The Hall–Kier alpha value is -2.18. The Bertz CT molecular complexity index is 385. The second-order valence-corrected chi connectivity index (χ2v) is 2.71. The minimum atomic E-state index is -0.638. The molecule has 1 heterocycles. The van der Waals surface area contributed by atoms with Gasteiger partial charge in [0.05, 0.1) is 0 Å². The maximum Gasteiger partial charge on any atom is 0.435 e. The normalized spacial score (nSPS) is 9.60. The van der Waals surface area contributed by atoms with Crippen molar-refractivity contribution in [2.75, 3.05) is 6.54 Å². The zero-order valence-electron chi connectivity index (χ0n) is 7.92. The van der Waals surface area contributed by atoms with E-state index >= 15 is 0 Å². The highest BCUT2D eigenvalue weighted by Gasteiger charge is 2.16. The van der Waals surface area contributed by atoms with Crippen LogP contribution in [-0.2, 0) is 11.3 Å². The SMILES string of the molecule is C=CCNC(=O)Cn1ccnc1[N+](=O)[O-]. The van der Waals surface area contributed by atoms with Gasteiger partial charge in [0.25, 0.3) is 5.91 Å². The molecule has 1 aromatic rings. The molecule has 0 bridgehead atoms. The first kappa shape index (κ1) is 10.9. The van der Waals surface area contributed by atoms with Gasteiger partial charge in [0.15, 0.2) is 6.54 Å². The predicted octanol–water partition coefficient (Wildman–Crippen LogP) is 0.0935. The van der Waals surface area contributed by atoms with Crippen LogP contribution in [0, 0.1) is 10.1 Å². The van der Waals surface area contributed by atoms with Crippen LogP contribution >= 0.6 is 0 Å². The standard InChI is InChI=1S/C8H10N4O3/c1-2-3-9-7(13)6-11-5-4-10-8(11)12(14)15/h2,4-5H,1,3,6H2,(H,9,13). The molecule has 1 N–H and O–H groups in total. The number of hydrogen-bond acceptors (Lipinski definition) is 4. The smallest absolute Gasteiger partial charge is 0.390 e. The minimum Gasteiger partial charge on any atom is -0.390 e. The van der Waals surface area contributed by atoms with E-state index in [0.29, 0.717) is 6.54 Å². The molecule has 0 radical (unpaired) electrons. The first-order chi connectivity index (χ1) is 7.15. The number of rotatable bonds is 5. The Morgan fingerprint density at radius 2 is 2.53 bits per heavy atom. The van der Waals surface area contributed by atoms with Gasteiger partial charge in [0, 0.05) is 6.54 Å². The lowest BCUT2D eigenvalue weighted by Crippen LogP contribution is -2.27. The molecule has 0 aliphatic heterocycles. The van der Waals surface area contributed by atoms with Crippen molar-refractivity contribution >= 4 is 11.9 Å². The monoisotopic (exact) mass is 210 g/mol. The first-order valence-corrected chi connectivity index (χ1v) is 4.18. The molecule has 0 spiro atoms. The molecule has 7 nitrogen and oxygen atoms in total. The molecule has 1 rings (SSSR count). The van der Waals surface area contributed by atoms with E-state index in [2.05, 4.69) is 16.9 Å². The van der Waals surface area contributed by atoms with Crippen LogP contribution in [0.4, 0.5) is 5.95 Å². The maximum absolute atomic E-state index is 11.2. The molecule has 0 saturated heterocycles. The molecule has 80 valence electrons. The Kier molecular flexibility index (Phi) is 3.55. The lowest BCUT2D eigenvalue weighted by atomic mass is 10.5. The number of carbonyl (C=O) groups excluding carboxylic acids is 1. The number of carbonyl (C=O) groups is 1. The van der Waals surface area contributed by atoms with Gasteiger partial charge in [-0.05, 0) is 4.92 Å². The van der Waals surface area contributed by atoms with Gasteiger partial charge in [-0.15, -0.1) is 6.58 Å². The molecular formula is C8H10N4O3.